The van der Waals surface area contributed by atoms with Gasteiger partial charge in [0.1, 0.15) is 0 Å². The molecule has 7 heteroatoms. The minimum Gasteiger partial charge on any atom is -0.424 e. The van der Waals surface area contributed by atoms with Gasteiger partial charge in [-0.15, -0.1) is 22.0 Å². The van der Waals surface area contributed by atoms with E-state index in [1.807, 2.05) is 20.8 Å². The van der Waals surface area contributed by atoms with Crippen LogP contribution in [-0.4, -0.2) is 20.3 Å². The lowest BCUT2D eigenvalue weighted by atomic mass is 10.1. The van der Waals surface area contributed by atoms with Crippen molar-refractivity contribution in [1.29, 1.82) is 0 Å². The topological polar surface area (TPSA) is 77.8 Å². The molecule has 0 aliphatic rings. The number of hydrogen-bond donors (Lipinski definition) is 0. The van der Waals surface area contributed by atoms with Gasteiger partial charge in [0.2, 0.25) is 17.7 Å². The fraction of sp³-hybridized carbons (Fsp3) is 0.692. The minimum atomic E-state index is 0.0885. The fourth-order valence-electron chi connectivity index (χ4n) is 1.76. The Kier molecular flexibility index (Phi) is 4.80. The summed E-state index contributed by atoms with van der Waals surface area (Å²) >= 11 is 1.66. The molecule has 2 heterocycles. The molecule has 2 aromatic heterocycles. The van der Waals surface area contributed by atoms with Crippen LogP contribution < -0.4 is 0 Å². The number of thioether (sulfide) groups is 1. The molecule has 0 spiro atoms. The standard InChI is InChI=1S/C13H20N4O2S/c1-7(2)6-11-15-16-13(18-11)9(4)20-8(3)12-14-10(5)17-19-12/h7-9H,6H2,1-5H3. The molecule has 0 aliphatic heterocycles. The van der Waals surface area contributed by atoms with Crippen molar-refractivity contribution in [2.75, 3.05) is 0 Å². The Hall–Kier alpha value is -1.37. The van der Waals surface area contributed by atoms with Gasteiger partial charge >= 0.3 is 0 Å². The van der Waals surface area contributed by atoms with Crippen LogP contribution in [0.5, 0.6) is 0 Å². The van der Waals surface area contributed by atoms with Gasteiger partial charge in [0, 0.05) is 6.42 Å². The molecule has 0 saturated heterocycles. The van der Waals surface area contributed by atoms with Gasteiger partial charge in [0.15, 0.2) is 5.82 Å². The summed E-state index contributed by atoms with van der Waals surface area (Å²) in [7, 11) is 0. The van der Waals surface area contributed by atoms with Gasteiger partial charge in [0.05, 0.1) is 10.5 Å². The summed E-state index contributed by atoms with van der Waals surface area (Å²) in [6.45, 7) is 10.1. The molecule has 2 aromatic rings. The van der Waals surface area contributed by atoms with Crippen molar-refractivity contribution in [2.24, 2.45) is 5.92 Å². The number of rotatable bonds is 6. The number of nitrogens with zero attached hydrogens (tertiary/aromatic N) is 4. The average Bonchev–Trinajstić information content (AvgIpc) is 2.97. The van der Waals surface area contributed by atoms with E-state index >= 15 is 0 Å². The van der Waals surface area contributed by atoms with Gasteiger partial charge in [-0.25, -0.2) is 0 Å². The molecule has 0 saturated carbocycles. The maximum absolute atomic E-state index is 5.69. The molecule has 2 atom stereocenters. The summed E-state index contributed by atoms with van der Waals surface area (Å²) < 4.78 is 10.9. The van der Waals surface area contributed by atoms with Crippen molar-refractivity contribution in [3.63, 3.8) is 0 Å². The summed E-state index contributed by atoms with van der Waals surface area (Å²) in [6, 6.07) is 0. The van der Waals surface area contributed by atoms with E-state index in [4.69, 9.17) is 8.94 Å². The highest BCUT2D eigenvalue weighted by Crippen LogP contribution is 2.38. The molecule has 0 aliphatic carbocycles. The normalized spacial score (nSPS) is 14.7. The second-order valence-corrected chi connectivity index (χ2v) is 6.92. The first kappa shape index (κ1) is 15.0. The first-order chi connectivity index (χ1) is 9.45. The molecule has 0 amide bonds. The van der Waals surface area contributed by atoms with Crippen LogP contribution in [0.15, 0.2) is 8.94 Å². The second kappa shape index (κ2) is 6.39. The predicted molar refractivity (Wildman–Crippen MR) is 76.3 cm³/mol. The van der Waals surface area contributed by atoms with Crippen LogP contribution in [0.25, 0.3) is 0 Å². The van der Waals surface area contributed by atoms with E-state index in [1.54, 1.807) is 11.8 Å². The molecule has 0 fully saturated rings. The van der Waals surface area contributed by atoms with Crippen molar-refractivity contribution >= 4 is 11.8 Å². The Balaban J connectivity index is 1.97. The SMILES string of the molecule is Cc1noc(C(C)SC(C)c2nnc(CC(C)C)o2)n1. The zero-order chi connectivity index (χ0) is 14.7. The number of aromatic nitrogens is 4. The van der Waals surface area contributed by atoms with E-state index in [-0.39, 0.29) is 10.5 Å². The Bertz CT molecular complexity index is 552. The summed E-state index contributed by atoms with van der Waals surface area (Å²) in [5.74, 6) is 3.13. The van der Waals surface area contributed by atoms with Gasteiger partial charge in [-0.1, -0.05) is 19.0 Å². The Morgan fingerprint density at radius 3 is 2.35 bits per heavy atom. The molecule has 6 nitrogen and oxygen atoms in total. The zero-order valence-electron chi connectivity index (χ0n) is 12.5. The molecule has 20 heavy (non-hydrogen) atoms. The van der Waals surface area contributed by atoms with Crippen LogP contribution in [-0.2, 0) is 6.42 Å². The van der Waals surface area contributed by atoms with Gasteiger partial charge in [-0.2, -0.15) is 4.98 Å². The quantitative estimate of drug-likeness (QED) is 0.807. The summed E-state index contributed by atoms with van der Waals surface area (Å²) in [4.78, 5) is 4.24. The lowest BCUT2D eigenvalue weighted by Crippen LogP contribution is -1.95. The average molecular weight is 296 g/mol. The number of aryl methyl sites for hydroxylation is 1. The van der Waals surface area contributed by atoms with Crippen molar-refractivity contribution in [1.82, 2.24) is 20.3 Å². The summed E-state index contributed by atoms with van der Waals surface area (Å²) in [5.41, 5.74) is 0. The van der Waals surface area contributed by atoms with E-state index in [0.717, 1.165) is 6.42 Å². The van der Waals surface area contributed by atoms with Crippen molar-refractivity contribution in [2.45, 2.75) is 51.5 Å². The van der Waals surface area contributed by atoms with E-state index in [2.05, 4.69) is 34.2 Å². The second-order valence-electron chi connectivity index (χ2n) is 5.23. The van der Waals surface area contributed by atoms with Crippen LogP contribution in [0, 0.1) is 12.8 Å². The Morgan fingerprint density at radius 2 is 1.75 bits per heavy atom. The zero-order valence-corrected chi connectivity index (χ0v) is 13.3. The summed E-state index contributed by atoms with van der Waals surface area (Å²) in [5, 5.41) is 12.2. The molecule has 0 N–H and O–H groups in total. The van der Waals surface area contributed by atoms with Crippen molar-refractivity contribution in [3.05, 3.63) is 23.5 Å². The van der Waals surface area contributed by atoms with E-state index < -0.39 is 0 Å². The highest BCUT2D eigenvalue weighted by molar-refractivity contribution is 7.99. The third-order valence-electron chi connectivity index (χ3n) is 2.71. The predicted octanol–water partition coefficient (Wildman–Crippen LogP) is 3.51. The molecule has 0 aromatic carbocycles. The summed E-state index contributed by atoms with van der Waals surface area (Å²) in [6.07, 6.45) is 0.808. The van der Waals surface area contributed by atoms with Crippen molar-refractivity contribution in [3.8, 4) is 0 Å². The van der Waals surface area contributed by atoms with Crippen LogP contribution in [0.2, 0.25) is 0 Å². The fourth-order valence-corrected chi connectivity index (χ4v) is 2.80. The highest BCUT2D eigenvalue weighted by atomic mass is 32.2. The highest BCUT2D eigenvalue weighted by Gasteiger charge is 2.21. The Labute approximate surface area is 122 Å². The first-order valence-electron chi connectivity index (χ1n) is 6.73. The molecule has 0 radical (unpaired) electrons. The van der Waals surface area contributed by atoms with Crippen molar-refractivity contribution < 1.29 is 8.94 Å². The smallest absolute Gasteiger partial charge is 0.239 e. The lowest BCUT2D eigenvalue weighted by Gasteiger charge is -2.10. The maximum Gasteiger partial charge on any atom is 0.239 e. The minimum absolute atomic E-state index is 0.0885. The lowest BCUT2D eigenvalue weighted by molar-refractivity contribution is 0.376. The molecule has 2 rings (SSSR count). The van der Waals surface area contributed by atoms with Crippen LogP contribution in [0.4, 0.5) is 0 Å². The first-order valence-corrected chi connectivity index (χ1v) is 7.68. The Morgan fingerprint density at radius 1 is 1.05 bits per heavy atom. The number of hydrogen-bond acceptors (Lipinski definition) is 7. The molecule has 2 unspecified atom stereocenters. The molecule has 0 bridgehead atoms. The third kappa shape index (κ3) is 3.82. The maximum atomic E-state index is 5.69. The molecule has 110 valence electrons. The molecular formula is C13H20N4O2S. The van der Waals surface area contributed by atoms with Crippen LogP contribution in [0.1, 0.15) is 61.7 Å². The monoisotopic (exact) mass is 296 g/mol. The van der Waals surface area contributed by atoms with Gasteiger partial charge < -0.3 is 8.94 Å². The van der Waals surface area contributed by atoms with E-state index in [9.17, 15) is 0 Å². The van der Waals surface area contributed by atoms with Crippen LogP contribution >= 0.6 is 11.8 Å². The largest absolute Gasteiger partial charge is 0.424 e. The van der Waals surface area contributed by atoms with Gasteiger partial charge in [0.25, 0.3) is 0 Å². The van der Waals surface area contributed by atoms with Gasteiger partial charge in [-0.05, 0) is 26.7 Å². The van der Waals surface area contributed by atoms with Gasteiger partial charge in [-0.3, -0.25) is 0 Å². The third-order valence-corrected chi connectivity index (χ3v) is 3.93. The molecular weight excluding hydrogens is 276 g/mol. The van der Waals surface area contributed by atoms with E-state index in [0.29, 0.717) is 29.4 Å². The van der Waals surface area contributed by atoms with Crippen LogP contribution in [0.3, 0.4) is 0 Å². The van der Waals surface area contributed by atoms with E-state index in [1.165, 1.54) is 0 Å².